The third kappa shape index (κ3) is 5.21. The summed E-state index contributed by atoms with van der Waals surface area (Å²) in [5.74, 6) is -1.53. The molecule has 2 amide bonds. The van der Waals surface area contributed by atoms with Crippen LogP contribution in [0.2, 0.25) is 0 Å². The second-order valence-corrected chi connectivity index (χ2v) is 8.35. The number of nitrogens with one attached hydrogen (secondary N) is 2. The molecule has 0 bridgehead atoms. The van der Waals surface area contributed by atoms with E-state index in [4.69, 9.17) is 19.3 Å². The van der Waals surface area contributed by atoms with Crippen LogP contribution >= 0.6 is 0 Å². The number of hydrogen-bond acceptors (Lipinski definition) is 6. The van der Waals surface area contributed by atoms with Crippen LogP contribution in [0.3, 0.4) is 0 Å². The summed E-state index contributed by atoms with van der Waals surface area (Å²) in [6.45, 7) is 0.541. The summed E-state index contributed by atoms with van der Waals surface area (Å²) in [5, 5.41) is 14.1. The molecule has 0 atom stereocenters. The zero-order valence-corrected chi connectivity index (χ0v) is 18.7. The summed E-state index contributed by atoms with van der Waals surface area (Å²) >= 11 is 0. The Balaban J connectivity index is 1.37. The van der Waals surface area contributed by atoms with Crippen LogP contribution in [-0.2, 0) is 23.8 Å². The zero-order valence-electron chi connectivity index (χ0n) is 18.7. The van der Waals surface area contributed by atoms with Gasteiger partial charge in [-0.3, -0.25) is 4.79 Å². The van der Waals surface area contributed by atoms with E-state index in [0.717, 1.165) is 22.3 Å². The van der Waals surface area contributed by atoms with Crippen molar-refractivity contribution in [3.8, 4) is 11.1 Å². The minimum Gasteiger partial charge on any atom is -0.480 e. The summed E-state index contributed by atoms with van der Waals surface area (Å²) < 4.78 is 16.0. The largest absolute Gasteiger partial charge is 0.480 e. The molecule has 9 heteroatoms. The second-order valence-electron chi connectivity index (χ2n) is 8.35. The topological polar surface area (TPSA) is 123 Å². The molecule has 2 aromatic carbocycles. The fraction of sp³-hybridized carbons (Fsp3) is 0.400. The molecule has 0 aromatic heterocycles. The van der Waals surface area contributed by atoms with E-state index in [9.17, 15) is 14.4 Å². The Morgan fingerprint density at radius 3 is 2.24 bits per heavy atom. The Labute approximate surface area is 197 Å². The molecule has 34 heavy (non-hydrogen) atoms. The van der Waals surface area contributed by atoms with Crippen molar-refractivity contribution in [2.24, 2.45) is 0 Å². The lowest BCUT2D eigenvalue weighted by atomic mass is 9.89. The average Bonchev–Trinajstić information content (AvgIpc) is 3.16. The molecular formula is C25H28N2O7. The number of ether oxygens (including phenoxy) is 3. The van der Waals surface area contributed by atoms with E-state index >= 15 is 0 Å². The Morgan fingerprint density at radius 1 is 1.00 bits per heavy atom. The summed E-state index contributed by atoms with van der Waals surface area (Å²) in [6, 6.07) is 16.1. The van der Waals surface area contributed by atoms with Gasteiger partial charge < -0.3 is 30.0 Å². The number of aliphatic carboxylic acids is 1. The molecule has 180 valence electrons. The lowest BCUT2D eigenvalue weighted by Gasteiger charge is -2.36. The molecule has 0 unspecified atom stereocenters. The summed E-state index contributed by atoms with van der Waals surface area (Å²) in [7, 11) is 0. The van der Waals surface area contributed by atoms with E-state index in [1.165, 1.54) is 0 Å². The van der Waals surface area contributed by atoms with Gasteiger partial charge in [-0.1, -0.05) is 48.5 Å². The van der Waals surface area contributed by atoms with Crippen LogP contribution in [-0.4, -0.2) is 68.2 Å². The van der Waals surface area contributed by atoms with Crippen LogP contribution in [0.4, 0.5) is 4.79 Å². The third-order valence-electron chi connectivity index (χ3n) is 6.22. The monoisotopic (exact) mass is 468 g/mol. The number of carbonyl (C=O) groups excluding carboxylic acids is 2. The Kier molecular flexibility index (Phi) is 7.44. The molecule has 1 fully saturated rings. The maximum Gasteiger partial charge on any atom is 0.408 e. The van der Waals surface area contributed by atoms with E-state index in [-0.39, 0.29) is 31.6 Å². The smallest absolute Gasteiger partial charge is 0.408 e. The molecule has 4 rings (SSSR count). The highest BCUT2D eigenvalue weighted by Crippen LogP contribution is 2.44. The van der Waals surface area contributed by atoms with Crippen LogP contribution in [0.15, 0.2) is 48.5 Å². The average molecular weight is 469 g/mol. The Bertz CT molecular complexity index is 1000. The van der Waals surface area contributed by atoms with E-state index in [1.807, 2.05) is 36.4 Å². The summed E-state index contributed by atoms with van der Waals surface area (Å²) in [4.78, 5) is 36.3. The summed E-state index contributed by atoms with van der Waals surface area (Å²) in [5.41, 5.74) is 3.33. The van der Waals surface area contributed by atoms with Gasteiger partial charge in [-0.2, -0.15) is 0 Å². The number of fused-ring (bicyclic) bond motifs is 3. The first-order valence-electron chi connectivity index (χ1n) is 11.3. The van der Waals surface area contributed by atoms with Crippen molar-refractivity contribution in [1.29, 1.82) is 0 Å². The van der Waals surface area contributed by atoms with Gasteiger partial charge in [0.15, 0.2) is 0 Å². The minimum absolute atomic E-state index is 0.0512. The van der Waals surface area contributed by atoms with Gasteiger partial charge in [0.25, 0.3) is 0 Å². The fourth-order valence-electron chi connectivity index (χ4n) is 4.52. The van der Waals surface area contributed by atoms with Crippen LogP contribution in [0.25, 0.3) is 11.1 Å². The highest BCUT2D eigenvalue weighted by molar-refractivity contribution is 5.90. The number of rotatable bonds is 9. The van der Waals surface area contributed by atoms with Crippen LogP contribution in [0, 0.1) is 0 Å². The number of carboxylic acids is 1. The van der Waals surface area contributed by atoms with Crippen molar-refractivity contribution in [3.05, 3.63) is 59.7 Å². The highest BCUT2D eigenvalue weighted by atomic mass is 16.5. The van der Waals surface area contributed by atoms with Crippen molar-refractivity contribution < 1.29 is 33.7 Å². The quantitative estimate of drug-likeness (QED) is 0.483. The van der Waals surface area contributed by atoms with Gasteiger partial charge in [0, 0.05) is 38.5 Å². The van der Waals surface area contributed by atoms with E-state index in [1.54, 1.807) is 0 Å². The third-order valence-corrected chi connectivity index (χ3v) is 6.22. The second kappa shape index (κ2) is 10.7. The first-order valence-corrected chi connectivity index (χ1v) is 11.3. The number of carboxylic acid groups (broad SMARTS) is 1. The van der Waals surface area contributed by atoms with Crippen LogP contribution < -0.4 is 10.6 Å². The van der Waals surface area contributed by atoms with Gasteiger partial charge in [-0.15, -0.1) is 0 Å². The number of hydrogen-bond donors (Lipinski definition) is 3. The van der Waals surface area contributed by atoms with Crippen molar-refractivity contribution >= 4 is 18.0 Å². The molecule has 1 heterocycles. The lowest BCUT2D eigenvalue weighted by Crippen LogP contribution is -2.61. The molecule has 9 nitrogen and oxygen atoms in total. The maximum atomic E-state index is 12.9. The van der Waals surface area contributed by atoms with Gasteiger partial charge in [0.05, 0.1) is 6.61 Å². The van der Waals surface area contributed by atoms with Crippen molar-refractivity contribution in [2.75, 3.05) is 39.6 Å². The fourth-order valence-corrected chi connectivity index (χ4v) is 4.52. The first-order chi connectivity index (χ1) is 16.5. The molecule has 2 aliphatic rings. The molecule has 1 saturated heterocycles. The lowest BCUT2D eigenvalue weighted by molar-refractivity contribution is -0.142. The predicted octanol–water partition coefficient (Wildman–Crippen LogP) is 2.29. The SMILES string of the molecule is O=C(O)COCCNC(=O)C1(NC(=O)OCC2c3ccccc3-c3ccccc32)CCOCC1. The molecule has 1 aliphatic heterocycles. The first kappa shape index (κ1) is 23.7. The number of benzene rings is 2. The van der Waals surface area contributed by atoms with E-state index in [0.29, 0.717) is 26.1 Å². The van der Waals surface area contributed by atoms with Gasteiger partial charge in [-0.05, 0) is 22.3 Å². The molecule has 3 N–H and O–H groups in total. The normalized spacial score (nSPS) is 16.2. The van der Waals surface area contributed by atoms with Crippen molar-refractivity contribution in [2.45, 2.75) is 24.3 Å². The number of alkyl carbamates (subject to hydrolysis) is 1. The van der Waals surface area contributed by atoms with Gasteiger partial charge in [-0.25, -0.2) is 9.59 Å². The van der Waals surface area contributed by atoms with Gasteiger partial charge in [0.1, 0.15) is 18.8 Å². The zero-order chi connectivity index (χ0) is 24.0. The van der Waals surface area contributed by atoms with Crippen molar-refractivity contribution in [1.82, 2.24) is 10.6 Å². The Hall–Kier alpha value is -3.43. The Morgan fingerprint density at radius 2 is 1.62 bits per heavy atom. The summed E-state index contributed by atoms with van der Waals surface area (Å²) in [6.07, 6.45) is -0.0566. The molecule has 1 aliphatic carbocycles. The molecule has 2 aromatic rings. The molecule has 0 radical (unpaired) electrons. The predicted molar refractivity (Wildman–Crippen MR) is 122 cm³/mol. The van der Waals surface area contributed by atoms with Crippen molar-refractivity contribution in [3.63, 3.8) is 0 Å². The highest BCUT2D eigenvalue weighted by Gasteiger charge is 2.42. The molecule has 0 spiro atoms. The number of amides is 2. The minimum atomic E-state index is -1.16. The van der Waals surface area contributed by atoms with Gasteiger partial charge in [0.2, 0.25) is 5.91 Å². The number of carbonyl (C=O) groups is 3. The van der Waals surface area contributed by atoms with E-state index in [2.05, 4.69) is 22.8 Å². The standard InChI is InChI=1S/C25H28N2O7/c28-22(29)16-33-14-11-26-23(30)25(9-12-32-13-10-25)27-24(31)34-15-21-19-7-3-1-5-17(19)18-6-2-4-8-20(18)21/h1-8,21H,9-16H2,(H,26,30)(H,27,31)(H,28,29). The molecular weight excluding hydrogens is 440 g/mol. The van der Waals surface area contributed by atoms with Crippen LogP contribution in [0.5, 0.6) is 0 Å². The molecule has 0 saturated carbocycles. The van der Waals surface area contributed by atoms with Gasteiger partial charge >= 0.3 is 12.1 Å². The maximum absolute atomic E-state index is 12.9. The van der Waals surface area contributed by atoms with E-state index < -0.39 is 24.2 Å². The van der Waals surface area contributed by atoms with Crippen LogP contribution in [0.1, 0.15) is 29.9 Å².